The molecule has 4 heteroatoms. The molecule has 0 atom stereocenters. The predicted molar refractivity (Wildman–Crippen MR) is 47.7 cm³/mol. The fourth-order valence-corrected chi connectivity index (χ4v) is 1.23. The third-order valence-electron chi connectivity index (χ3n) is 1.19. The quantitative estimate of drug-likeness (QED) is 0.755. The van der Waals surface area contributed by atoms with Crippen LogP contribution in [-0.2, 0) is 4.79 Å². The minimum absolute atomic E-state index is 0.163. The number of hydrogen-bond donors (Lipinski definition) is 0. The van der Waals surface area contributed by atoms with Gasteiger partial charge in [0.2, 0.25) is 6.29 Å². The van der Waals surface area contributed by atoms with Crippen LogP contribution in [-0.4, -0.2) is 12.9 Å². The lowest BCUT2D eigenvalue weighted by Gasteiger charge is -2.05. The van der Waals surface area contributed by atoms with Gasteiger partial charge in [-0.2, -0.15) is 0 Å². The van der Waals surface area contributed by atoms with Crippen molar-refractivity contribution in [3.63, 3.8) is 0 Å². The van der Waals surface area contributed by atoms with E-state index in [4.69, 9.17) is 27.9 Å². The first kappa shape index (κ1) is 9.36. The molecule has 0 saturated carbocycles. The molecule has 0 bridgehead atoms. The fourth-order valence-electron chi connectivity index (χ4n) is 0.722. The molecule has 1 radical (unpaired) electrons. The third kappa shape index (κ3) is 2.13. The molecule has 0 fully saturated rings. The highest BCUT2D eigenvalue weighted by molar-refractivity contribution is 6.37. The van der Waals surface area contributed by atoms with Gasteiger partial charge in [0.15, 0.2) is 12.4 Å². The molecule has 2 nitrogen and oxygen atoms in total. The normalized spacial score (nSPS) is 9.50. The van der Waals surface area contributed by atoms with E-state index in [0.29, 0.717) is 15.8 Å². The minimum atomic E-state index is -0.163. The van der Waals surface area contributed by atoms with Crippen molar-refractivity contribution in [1.82, 2.24) is 0 Å². The summed E-state index contributed by atoms with van der Waals surface area (Å²) in [5.41, 5.74) is 0. The fraction of sp³-hybridized carbons (Fsp3) is 0.125. The molecule has 0 aliphatic carbocycles. The Hall–Kier alpha value is -0.730. The molecule has 1 aromatic carbocycles. The van der Waals surface area contributed by atoms with Gasteiger partial charge in [-0.25, -0.2) is 0 Å². The predicted octanol–water partition coefficient (Wildman–Crippen LogP) is 2.48. The van der Waals surface area contributed by atoms with Crippen molar-refractivity contribution in [2.75, 3.05) is 6.61 Å². The van der Waals surface area contributed by atoms with Gasteiger partial charge in [-0.15, -0.1) is 0 Å². The standard InChI is InChI=1S/C8H5Cl2O2/c9-6-2-1-3-7(10)8(6)12-5-4-11/h1-3H,5H2. The van der Waals surface area contributed by atoms with Gasteiger partial charge < -0.3 is 4.74 Å². The van der Waals surface area contributed by atoms with Gasteiger partial charge >= 0.3 is 0 Å². The Kier molecular flexibility index (Phi) is 3.38. The summed E-state index contributed by atoms with van der Waals surface area (Å²) >= 11 is 11.5. The monoisotopic (exact) mass is 203 g/mol. The number of halogens is 2. The molecule has 1 rings (SSSR count). The second kappa shape index (κ2) is 4.33. The van der Waals surface area contributed by atoms with Crippen molar-refractivity contribution >= 4 is 29.5 Å². The Bertz CT molecular complexity index is 266. The number of ether oxygens (including phenoxy) is 1. The van der Waals surface area contributed by atoms with Crippen LogP contribution in [0.1, 0.15) is 0 Å². The van der Waals surface area contributed by atoms with E-state index >= 15 is 0 Å². The summed E-state index contributed by atoms with van der Waals surface area (Å²) in [6.07, 6.45) is 1.58. The van der Waals surface area contributed by atoms with E-state index in [1.165, 1.54) is 0 Å². The third-order valence-corrected chi connectivity index (χ3v) is 1.79. The van der Waals surface area contributed by atoms with Crippen LogP contribution in [0.4, 0.5) is 0 Å². The lowest BCUT2D eigenvalue weighted by atomic mass is 10.3. The highest BCUT2D eigenvalue weighted by atomic mass is 35.5. The maximum absolute atomic E-state index is 9.86. The Labute approximate surface area is 80.0 Å². The molecule has 63 valence electrons. The van der Waals surface area contributed by atoms with Gasteiger partial charge in [0.1, 0.15) is 0 Å². The highest BCUT2D eigenvalue weighted by Gasteiger charge is 2.05. The number of hydrogen-bond acceptors (Lipinski definition) is 2. The summed E-state index contributed by atoms with van der Waals surface area (Å²) in [4.78, 5) is 9.86. The van der Waals surface area contributed by atoms with Crippen LogP contribution in [0.5, 0.6) is 5.75 Å². The zero-order chi connectivity index (χ0) is 8.97. The van der Waals surface area contributed by atoms with Crippen molar-refractivity contribution in [1.29, 1.82) is 0 Å². The average molecular weight is 204 g/mol. The van der Waals surface area contributed by atoms with Gasteiger partial charge in [-0.05, 0) is 12.1 Å². The minimum Gasteiger partial charge on any atom is -0.482 e. The Morgan fingerprint density at radius 2 is 1.92 bits per heavy atom. The number of carbonyl (C=O) groups excluding carboxylic acids is 1. The van der Waals surface area contributed by atoms with Gasteiger partial charge in [0.25, 0.3) is 0 Å². The van der Waals surface area contributed by atoms with Gasteiger partial charge in [-0.1, -0.05) is 29.3 Å². The summed E-state index contributed by atoms with van der Waals surface area (Å²) in [5, 5.41) is 0.774. The maximum Gasteiger partial charge on any atom is 0.239 e. The Morgan fingerprint density at radius 3 is 2.42 bits per heavy atom. The number of benzene rings is 1. The van der Waals surface area contributed by atoms with Crippen molar-refractivity contribution in [2.45, 2.75) is 0 Å². The van der Waals surface area contributed by atoms with Crippen LogP contribution < -0.4 is 4.74 Å². The maximum atomic E-state index is 9.86. The van der Waals surface area contributed by atoms with E-state index in [1.54, 1.807) is 24.5 Å². The molecule has 0 aliphatic heterocycles. The summed E-state index contributed by atoms with van der Waals surface area (Å²) in [6.45, 7) is -0.163. The molecular formula is C8H5Cl2O2. The summed E-state index contributed by atoms with van der Waals surface area (Å²) < 4.78 is 4.93. The van der Waals surface area contributed by atoms with E-state index in [1.807, 2.05) is 0 Å². The molecule has 0 aromatic heterocycles. The summed E-state index contributed by atoms with van der Waals surface area (Å²) in [6, 6.07) is 4.96. The summed E-state index contributed by atoms with van der Waals surface area (Å²) in [5.74, 6) is 0.323. The first-order chi connectivity index (χ1) is 5.75. The van der Waals surface area contributed by atoms with Gasteiger partial charge in [0.05, 0.1) is 10.0 Å². The van der Waals surface area contributed by atoms with Crippen LogP contribution in [0.3, 0.4) is 0 Å². The van der Waals surface area contributed by atoms with Gasteiger partial charge in [0, 0.05) is 0 Å². The Morgan fingerprint density at radius 1 is 1.33 bits per heavy atom. The summed E-state index contributed by atoms with van der Waals surface area (Å²) in [7, 11) is 0. The van der Waals surface area contributed by atoms with E-state index in [0.717, 1.165) is 0 Å². The molecule has 12 heavy (non-hydrogen) atoms. The van der Waals surface area contributed by atoms with E-state index in [9.17, 15) is 4.79 Å². The Balaban J connectivity index is 2.88. The zero-order valence-corrected chi connectivity index (χ0v) is 7.52. The zero-order valence-electron chi connectivity index (χ0n) is 6.01. The highest BCUT2D eigenvalue weighted by Crippen LogP contribution is 2.31. The SMILES string of the molecule is O=[C]COc1c(Cl)cccc1Cl. The lowest BCUT2D eigenvalue weighted by Crippen LogP contribution is -1.98. The van der Waals surface area contributed by atoms with Crippen molar-refractivity contribution in [2.24, 2.45) is 0 Å². The molecule has 0 N–H and O–H groups in total. The number of para-hydroxylation sites is 1. The van der Waals surface area contributed by atoms with Crippen LogP contribution >= 0.6 is 23.2 Å². The molecule has 0 unspecified atom stereocenters. The lowest BCUT2D eigenvalue weighted by molar-refractivity contribution is 0.365. The van der Waals surface area contributed by atoms with E-state index in [-0.39, 0.29) is 6.61 Å². The van der Waals surface area contributed by atoms with Crippen LogP contribution in [0.25, 0.3) is 0 Å². The van der Waals surface area contributed by atoms with E-state index in [2.05, 4.69) is 0 Å². The number of rotatable bonds is 3. The second-order valence-corrected chi connectivity index (χ2v) is 2.80. The molecule has 0 spiro atoms. The first-order valence-electron chi connectivity index (χ1n) is 3.17. The molecular weight excluding hydrogens is 199 g/mol. The van der Waals surface area contributed by atoms with Crippen LogP contribution in [0.2, 0.25) is 10.0 Å². The van der Waals surface area contributed by atoms with Crippen molar-refractivity contribution in [3.05, 3.63) is 28.2 Å². The van der Waals surface area contributed by atoms with Crippen molar-refractivity contribution in [3.8, 4) is 5.75 Å². The largest absolute Gasteiger partial charge is 0.482 e. The first-order valence-corrected chi connectivity index (χ1v) is 3.93. The topological polar surface area (TPSA) is 26.3 Å². The molecule has 1 aromatic rings. The average Bonchev–Trinajstić information content (AvgIpc) is 2.04. The van der Waals surface area contributed by atoms with Gasteiger partial charge in [-0.3, -0.25) is 4.79 Å². The molecule has 0 saturated heterocycles. The van der Waals surface area contributed by atoms with Crippen LogP contribution in [0, 0.1) is 0 Å². The molecule has 0 aliphatic rings. The molecule has 0 amide bonds. The van der Waals surface area contributed by atoms with E-state index < -0.39 is 0 Å². The van der Waals surface area contributed by atoms with Crippen LogP contribution in [0.15, 0.2) is 18.2 Å². The molecule has 0 heterocycles. The second-order valence-electron chi connectivity index (χ2n) is 1.98. The van der Waals surface area contributed by atoms with Crippen molar-refractivity contribution < 1.29 is 9.53 Å². The smallest absolute Gasteiger partial charge is 0.239 e.